The molecule has 4 aromatic rings. The number of hydrogen-bond donors (Lipinski definition) is 1. The smallest absolute Gasteiger partial charge is 0.264 e. The monoisotopic (exact) mass is 442 g/mol. The molecule has 1 N–H and O–H groups in total. The molecular formula is C26H22N2O5. The van der Waals surface area contributed by atoms with E-state index in [0.717, 1.165) is 17.1 Å². The van der Waals surface area contributed by atoms with Gasteiger partial charge in [0.05, 0.1) is 29.6 Å². The van der Waals surface area contributed by atoms with Gasteiger partial charge in [-0.3, -0.25) is 14.4 Å². The van der Waals surface area contributed by atoms with Crippen molar-refractivity contribution in [1.82, 2.24) is 5.32 Å². The summed E-state index contributed by atoms with van der Waals surface area (Å²) in [4.78, 5) is 38.6. The SMILES string of the molecule is CN(C(=O)COc1ccc2ccccc2c1C=O)c1ccccc1C(=O)NCc1ccco1. The molecule has 0 saturated heterocycles. The van der Waals surface area contributed by atoms with Gasteiger partial charge in [-0.05, 0) is 41.1 Å². The molecule has 1 aromatic heterocycles. The summed E-state index contributed by atoms with van der Waals surface area (Å²) in [6.07, 6.45) is 2.26. The molecule has 7 heteroatoms. The highest BCUT2D eigenvalue weighted by Gasteiger charge is 2.19. The van der Waals surface area contributed by atoms with Gasteiger partial charge in [0.2, 0.25) is 0 Å². The molecule has 166 valence electrons. The molecule has 7 nitrogen and oxygen atoms in total. The minimum atomic E-state index is -0.369. The fraction of sp³-hybridized carbons (Fsp3) is 0.115. The van der Waals surface area contributed by atoms with E-state index in [1.54, 1.807) is 49.5 Å². The molecule has 0 bridgehead atoms. The second-order valence-corrected chi connectivity index (χ2v) is 7.34. The second-order valence-electron chi connectivity index (χ2n) is 7.34. The third-order valence-corrected chi connectivity index (χ3v) is 5.29. The summed E-state index contributed by atoms with van der Waals surface area (Å²) in [6.45, 7) is -0.0601. The molecule has 0 aliphatic rings. The largest absolute Gasteiger partial charge is 0.483 e. The van der Waals surface area contributed by atoms with E-state index in [9.17, 15) is 14.4 Å². The number of carbonyl (C=O) groups is 3. The van der Waals surface area contributed by atoms with E-state index < -0.39 is 0 Å². The summed E-state index contributed by atoms with van der Waals surface area (Å²) in [7, 11) is 1.57. The molecule has 0 aliphatic carbocycles. The first-order valence-electron chi connectivity index (χ1n) is 10.3. The number of para-hydroxylation sites is 1. The quantitative estimate of drug-likeness (QED) is 0.413. The lowest BCUT2D eigenvalue weighted by Crippen LogP contribution is -2.34. The second kappa shape index (κ2) is 9.82. The zero-order chi connectivity index (χ0) is 23.2. The van der Waals surface area contributed by atoms with Crippen molar-refractivity contribution < 1.29 is 23.5 Å². The lowest BCUT2D eigenvalue weighted by atomic mass is 10.0. The highest BCUT2D eigenvalue weighted by Crippen LogP contribution is 2.27. The van der Waals surface area contributed by atoms with Gasteiger partial charge in [0.15, 0.2) is 12.9 Å². The highest BCUT2D eigenvalue weighted by atomic mass is 16.5. The Bertz CT molecular complexity index is 1300. The Morgan fingerprint density at radius 1 is 1.00 bits per heavy atom. The van der Waals surface area contributed by atoms with Gasteiger partial charge in [-0.1, -0.05) is 42.5 Å². The lowest BCUT2D eigenvalue weighted by molar-refractivity contribution is -0.120. The molecule has 33 heavy (non-hydrogen) atoms. The van der Waals surface area contributed by atoms with Gasteiger partial charge in [-0.15, -0.1) is 0 Å². The van der Waals surface area contributed by atoms with E-state index in [-0.39, 0.29) is 25.0 Å². The van der Waals surface area contributed by atoms with Crippen LogP contribution in [0, 0.1) is 0 Å². The Kier molecular flexibility index (Phi) is 6.50. The highest BCUT2D eigenvalue weighted by molar-refractivity contribution is 6.05. The van der Waals surface area contributed by atoms with Crippen molar-refractivity contribution in [2.24, 2.45) is 0 Å². The standard InChI is InChI=1S/C26H22N2O5/c1-28(23-11-5-4-10-21(23)26(31)27-15-19-8-6-14-32-19)25(30)17-33-24-13-12-18-7-2-3-9-20(18)22(24)16-29/h2-14,16H,15,17H2,1H3,(H,27,31). The molecule has 0 saturated carbocycles. The molecule has 0 spiro atoms. The fourth-order valence-electron chi connectivity index (χ4n) is 3.53. The number of nitrogens with one attached hydrogen (secondary N) is 1. The van der Waals surface area contributed by atoms with E-state index >= 15 is 0 Å². The van der Waals surface area contributed by atoms with Crippen molar-refractivity contribution in [3.8, 4) is 5.75 Å². The van der Waals surface area contributed by atoms with Crippen LogP contribution in [0.4, 0.5) is 5.69 Å². The molecule has 3 aromatic carbocycles. The average molecular weight is 442 g/mol. The van der Waals surface area contributed by atoms with Gasteiger partial charge < -0.3 is 19.4 Å². The molecule has 0 aliphatic heterocycles. The molecule has 0 unspecified atom stereocenters. The minimum Gasteiger partial charge on any atom is -0.483 e. The van der Waals surface area contributed by atoms with Crippen LogP contribution in [0.15, 0.2) is 83.5 Å². The van der Waals surface area contributed by atoms with Gasteiger partial charge in [0.1, 0.15) is 11.5 Å². The maximum atomic E-state index is 12.9. The summed E-state index contributed by atoms with van der Waals surface area (Å²) in [5, 5.41) is 4.45. The number of aldehydes is 1. The van der Waals surface area contributed by atoms with Gasteiger partial charge in [0, 0.05) is 7.05 Å². The van der Waals surface area contributed by atoms with Crippen molar-refractivity contribution >= 4 is 34.6 Å². The summed E-state index contributed by atoms with van der Waals surface area (Å²) >= 11 is 0. The maximum absolute atomic E-state index is 12.9. The molecule has 4 rings (SSSR count). The number of likely N-dealkylation sites (N-methyl/N-ethyl adjacent to an activating group) is 1. The summed E-state index contributed by atoms with van der Waals surface area (Å²) in [6, 6.07) is 21.3. The van der Waals surface area contributed by atoms with E-state index in [0.29, 0.717) is 28.3 Å². The average Bonchev–Trinajstić information content (AvgIpc) is 3.38. The first-order valence-corrected chi connectivity index (χ1v) is 10.3. The predicted molar refractivity (Wildman–Crippen MR) is 125 cm³/mol. The fourth-order valence-corrected chi connectivity index (χ4v) is 3.53. The predicted octanol–water partition coefficient (Wildman–Crippen LogP) is 4.22. The van der Waals surface area contributed by atoms with Crippen LogP contribution in [0.3, 0.4) is 0 Å². The van der Waals surface area contributed by atoms with Crippen LogP contribution < -0.4 is 15.0 Å². The number of ether oxygens (including phenoxy) is 1. The summed E-state index contributed by atoms with van der Waals surface area (Å²) in [5.41, 5.74) is 1.18. The molecule has 1 heterocycles. The maximum Gasteiger partial charge on any atom is 0.264 e. The zero-order valence-electron chi connectivity index (χ0n) is 18.0. The van der Waals surface area contributed by atoms with Crippen LogP contribution in [-0.2, 0) is 11.3 Å². The molecular weight excluding hydrogens is 420 g/mol. The van der Waals surface area contributed by atoms with E-state index in [4.69, 9.17) is 9.15 Å². The van der Waals surface area contributed by atoms with Gasteiger partial charge >= 0.3 is 0 Å². The van der Waals surface area contributed by atoms with E-state index in [2.05, 4.69) is 5.32 Å². The first kappa shape index (κ1) is 21.8. The molecule has 0 fully saturated rings. The van der Waals surface area contributed by atoms with Crippen LogP contribution in [0.25, 0.3) is 10.8 Å². The zero-order valence-corrected chi connectivity index (χ0v) is 18.0. The Hall–Kier alpha value is -4.39. The number of hydrogen-bond acceptors (Lipinski definition) is 5. The van der Waals surface area contributed by atoms with Crippen LogP contribution in [-0.4, -0.2) is 31.8 Å². The number of benzene rings is 3. The van der Waals surface area contributed by atoms with Gasteiger partial charge in [0.25, 0.3) is 11.8 Å². The van der Waals surface area contributed by atoms with Gasteiger partial charge in [-0.25, -0.2) is 0 Å². The van der Waals surface area contributed by atoms with Crippen LogP contribution in [0.5, 0.6) is 5.75 Å². The Morgan fingerprint density at radius 2 is 1.79 bits per heavy atom. The third-order valence-electron chi connectivity index (χ3n) is 5.29. The van der Waals surface area contributed by atoms with Gasteiger partial charge in [-0.2, -0.15) is 0 Å². The number of rotatable bonds is 8. The minimum absolute atomic E-state index is 0.234. The molecule has 0 radical (unpaired) electrons. The number of fused-ring (bicyclic) bond motifs is 1. The topological polar surface area (TPSA) is 88.8 Å². The number of carbonyl (C=O) groups excluding carboxylic acids is 3. The van der Waals surface area contributed by atoms with E-state index in [1.165, 1.54) is 11.2 Å². The van der Waals surface area contributed by atoms with Crippen LogP contribution in [0.1, 0.15) is 26.5 Å². The van der Waals surface area contributed by atoms with Crippen LogP contribution in [0.2, 0.25) is 0 Å². The van der Waals surface area contributed by atoms with Crippen molar-refractivity contribution in [3.63, 3.8) is 0 Å². The summed E-state index contributed by atoms with van der Waals surface area (Å²) in [5.74, 6) is 0.251. The van der Waals surface area contributed by atoms with Crippen molar-refractivity contribution in [2.45, 2.75) is 6.54 Å². The number of nitrogens with zero attached hydrogens (tertiary/aromatic N) is 1. The number of amides is 2. The number of anilines is 1. The Morgan fingerprint density at radius 3 is 2.58 bits per heavy atom. The van der Waals surface area contributed by atoms with Crippen LogP contribution >= 0.6 is 0 Å². The van der Waals surface area contributed by atoms with Crippen molar-refractivity contribution in [3.05, 3.63) is 95.9 Å². The van der Waals surface area contributed by atoms with E-state index in [1.807, 2.05) is 30.3 Å². The lowest BCUT2D eigenvalue weighted by Gasteiger charge is -2.21. The molecule has 0 atom stereocenters. The third kappa shape index (κ3) is 4.77. The Labute approximate surface area is 190 Å². The first-order chi connectivity index (χ1) is 16.1. The van der Waals surface area contributed by atoms with Crippen molar-refractivity contribution in [1.29, 1.82) is 0 Å². The normalized spacial score (nSPS) is 10.6. The molecule has 2 amide bonds. The number of furan rings is 1. The summed E-state index contributed by atoms with van der Waals surface area (Å²) < 4.78 is 10.9. The van der Waals surface area contributed by atoms with Crippen molar-refractivity contribution in [2.75, 3.05) is 18.6 Å². The Balaban J connectivity index is 1.47.